The van der Waals surface area contributed by atoms with Crippen LogP contribution in [0.4, 0.5) is 10.7 Å². The number of amides is 2. The third-order valence-electron chi connectivity index (χ3n) is 4.14. The summed E-state index contributed by atoms with van der Waals surface area (Å²) in [6.07, 6.45) is 0.680. The summed E-state index contributed by atoms with van der Waals surface area (Å²) in [4.78, 5) is 27.3. The molecule has 3 aromatic rings. The van der Waals surface area contributed by atoms with E-state index in [-0.39, 0.29) is 5.91 Å². The number of hydrogen-bond donors (Lipinski definition) is 2. The highest BCUT2D eigenvalue weighted by atomic mass is 32.1. The number of nitrogens with one attached hydrogen (secondary N) is 1. The Morgan fingerprint density at radius 1 is 1.04 bits per heavy atom. The summed E-state index contributed by atoms with van der Waals surface area (Å²) in [7, 11) is 3.88. The van der Waals surface area contributed by atoms with Crippen molar-refractivity contribution in [3.05, 3.63) is 82.2 Å². The fourth-order valence-corrected chi connectivity index (χ4v) is 3.78. The first-order valence-electron chi connectivity index (χ1n) is 8.49. The molecule has 3 N–H and O–H groups in total. The van der Waals surface area contributed by atoms with Gasteiger partial charge >= 0.3 is 0 Å². The van der Waals surface area contributed by atoms with Crippen LogP contribution in [0, 0.1) is 0 Å². The minimum Gasteiger partial charge on any atom is -0.378 e. The van der Waals surface area contributed by atoms with Crippen molar-refractivity contribution in [3.63, 3.8) is 0 Å². The molecule has 1 heterocycles. The monoisotopic (exact) mass is 379 g/mol. The molecular weight excluding hydrogens is 358 g/mol. The summed E-state index contributed by atoms with van der Waals surface area (Å²) in [5.74, 6) is -0.820. The molecule has 5 nitrogen and oxygen atoms in total. The molecule has 2 aromatic carbocycles. The minimum absolute atomic E-state index is 0.268. The van der Waals surface area contributed by atoms with Gasteiger partial charge < -0.3 is 16.0 Å². The van der Waals surface area contributed by atoms with Gasteiger partial charge in [-0.15, -0.1) is 11.3 Å². The standard InChI is InChI=1S/C21H21N3O2S/c1-24(2)16-10-8-15(9-11-16)20(26)23-21-18(19(22)25)13-17(27-21)12-14-6-4-3-5-7-14/h3-11,13H,12H2,1-2H3,(H2,22,25)(H,23,26). The van der Waals surface area contributed by atoms with Crippen LogP contribution in [-0.2, 0) is 6.42 Å². The van der Waals surface area contributed by atoms with Crippen molar-refractivity contribution in [1.29, 1.82) is 0 Å². The van der Waals surface area contributed by atoms with E-state index in [1.54, 1.807) is 18.2 Å². The van der Waals surface area contributed by atoms with Crippen LogP contribution in [0.25, 0.3) is 0 Å². The molecule has 0 aliphatic carbocycles. The molecule has 0 saturated carbocycles. The normalized spacial score (nSPS) is 10.4. The van der Waals surface area contributed by atoms with Crippen LogP contribution >= 0.6 is 11.3 Å². The summed E-state index contributed by atoms with van der Waals surface area (Å²) >= 11 is 1.37. The second kappa shape index (κ2) is 8.05. The van der Waals surface area contributed by atoms with Crippen LogP contribution in [0.15, 0.2) is 60.7 Å². The fourth-order valence-electron chi connectivity index (χ4n) is 2.69. The molecule has 1 aromatic heterocycles. The van der Waals surface area contributed by atoms with Gasteiger partial charge in [-0.25, -0.2) is 0 Å². The van der Waals surface area contributed by atoms with Crippen molar-refractivity contribution in [1.82, 2.24) is 0 Å². The number of rotatable bonds is 6. The van der Waals surface area contributed by atoms with Crippen molar-refractivity contribution in [2.45, 2.75) is 6.42 Å². The first kappa shape index (κ1) is 18.7. The summed E-state index contributed by atoms with van der Waals surface area (Å²) in [6, 6.07) is 19.0. The van der Waals surface area contributed by atoms with Crippen molar-refractivity contribution in [3.8, 4) is 0 Å². The predicted octanol–water partition coefficient (Wildman–Crippen LogP) is 3.76. The Labute approximate surface area is 162 Å². The van der Waals surface area contributed by atoms with Gasteiger partial charge in [0.15, 0.2) is 0 Å². The van der Waals surface area contributed by atoms with Gasteiger partial charge in [0.05, 0.1) is 5.56 Å². The van der Waals surface area contributed by atoms with Gasteiger partial charge in [-0.1, -0.05) is 30.3 Å². The predicted molar refractivity (Wildman–Crippen MR) is 111 cm³/mol. The zero-order valence-electron chi connectivity index (χ0n) is 15.2. The Morgan fingerprint density at radius 3 is 2.30 bits per heavy atom. The van der Waals surface area contributed by atoms with E-state index in [9.17, 15) is 9.59 Å². The van der Waals surface area contributed by atoms with Gasteiger partial charge in [0.25, 0.3) is 11.8 Å². The molecule has 0 radical (unpaired) electrons. The van der Waals surface area contributed by atoms with E-state index in [2.05, 4.69) is 5.32 Å². The molecular formula is C21H21N3O2S. The van der Waals surface area contributed by atoms with E-state index in [1.807, 2.05) is 61.5 Å². The number of hydrogen-bond acceptors (Lipinski definition) is 4. The molecule has 0 spiro atoms. The summed E-state index contributed by atoms with van der Waals surface area (Å²) in [5, 5.41) is 3.31. The van der Waals surface area contributed by atoms with Gasteiger partial charge in [0, 0.05) is 36.6 Å². The molecule has 0 bridgehead atoms. The molecule has 0 fully saturated rings. The van der Waals surface area contributed by atoms with Crippen LogP contribution < -0.4 is 16.0 Å². The lowest BCUT2D eigenvalue weighted by atomic mass is 10.1. The molecule has 27 heavy (non-hydrogen) atoms. The van der Waals surface area contributed by atoms with Crippen molar-refractivity contribution in [2.24, 2.45) is 5.73 Å². The highest BCUT2D eigenvalue weighted by molar-refractivity contribution is 7.16. The van der Waals surface area contributed by atoms with Gasteiger partial charge in [0.2, 0.25) is 0 Å². The van der Waals surface area contributed by atoms with E-state index in [1.165, 1.54) is 11.3 Å². The molecule has 138 valence electrons. The lowest BCUT2D eigenvalue weighted by molar-refractivity contribution is 0.100. The van der Waals surface area contributed by atoms with E-state index >= 15 is 0 Å². The molecule has 0 unspecified atom stereocenters. The number of carbonyl (C=O) groups is 2. The lowest BCUT2D eigenvalue weighted by Gasteiger charge is -2.12. The van der Waals surface area contributed by atoms with Crippen molar-refractivity contribution in [2.75, 3.05) is 24.3 Å². The van der Waals surface area contributed by atoms with Crippen LogP contribution in [0.1, 0.15) is 31.2 Å². The smallest absolute Gasteiger partial charge is 0.256 e. The molecule has 0 aliphatic heterocycles. The lowest BCUT2D eigenvalue weighted by Crippen LogP contribution is -2.16. The largest absolute Gasteiger partial charge is 0.378 e. The maximum absolute atomic E-state index is 12.6. The van der Waals surface area contributed by atoms with E-state index < -0.39 is 5.91 Å². The average Bonchev–Trinajstić information content (AvgIpc) is 3.05. The fraction of sp³-hybridized carbons (Fsp3) is 0.143. The number of carbonyl (C=O) groups excluding carboxylic acids is 2. The number of thiophene rings is 1. The SMILES string of the molecule is CN(C)c1ccc(C(=O)Nc2sc(Cc3ccccc3)cc2C(N)=O)cc1. The number of nitrogens with two attached hydrogens (primary N) is 1. The van der Waals surface area contributed by atoms with Gasteiger partial charge in [-0.05, 0) is 35.9 Å². The second-order valence-electron chi connectivity index (χ2n) is 6.38. The van der Waals surface area contributed by atoms with Gasteiger partial charge in [-0.3, -0.25) is 9.59 Å². The molecule has 0 saturated heterocycles. The first-order valence-corrected chi connectivity index (χ1v) is 9.31. The van der Waals surface area contributed by atoms with Crippen LogP contribution in [0.2, 0.25) is 0 Å². The maximum atomic E-state index is 12.6. The zero-order chi connectivity index (χ0) is 19.4. The Morgan fingerprint density at radius 2 is 1.70 bits per heavy atom. The second-order valence-corrected chi connectivity index (χ2v) is 7.51. The maximum Gasteiger partial charge on any atom is 0.256 e. The molecule has 0 atom stereocenters. The van der Waals surface area contributed by atoms with E-state index in [4.69, 9.17) is 5.73 Å². The number of benzene rings is 2. The third-order valence-corrected chi connectivity index (χ3v) is 5.19. The summed E-state index contributed by atoms with van der Waals surface area (Å²) in [6.45, 7) is 0. The molecule has 0 aliphatic rings. The molecule has 3 rings (SSSR count). The van der Waals surface area contributed by atoms with Crippen molar-refractivity contribution < 1.29 is 9.59 Å². The Kier molecular flexibility index (Phi) is 5.57. The van der Waals surface area contributed by atoms with E-state index in [0.717, 1.165) is 16.1 Å². The zero-order valence-corrected chi connectivity index (χ0v) is 16.0. The molecule has 2 amide bonds. The summed E-state index contributed by atoms with van der Waals surface area (Å²) < 4.78 is 0. The van der Waals surface area contributed by atoms with Crippen LogP contribution in [0.3, 0.4) is 0 Å². The quantitative estimate of drug-likeness (QED) is 0.685. The Hall–Kier alpha value is -3.12. The average molecular weight is 379 g/mol. The minimum atomic E-state index is -0.552. The Balaban J connectivity index is 1.80. The number of primary amides is 1. The van der Waals surface area contributed by atoms with E-state index in [0.29, 0.717) is 22.5 Å². The first-order chi connectivity index (χ1) is 12.9. The molecule has 6 heteroatoms. The summed E-state index contributed by atoms with van der Waals surface area (Å²) in [5.41, 5.74) is 8.50. The Bertz CT molecular complexity index is 947. The van der Waals surface area contributed by atoms with Crippen LogP contribution in [0.5, 0.6) is 0 Å². The van der Waals surface area contributed by atoms with Gasteiger partial charge in [0.1, 0.15) is 5.00 Å². The number of anilines is 2. The van der Waals surface area contributed by atoms with Crippen molar-refractivity contribution >= 4 is 33.8 Å². The third kappa shape index (κ3) is 4.54. The highest BCUT2D eigenvalue weighted by Gasteiger charge is 2.17. The topological polar surface area (TPSA) is 75.4 Å². The van der Waals surface area contributed by atoms with Gasteiger partial charge in [-0.2, -0.15) is 0 Å². The highest BCUT2D eigenvalue weighted by Crippen LogP contribution is 2.30. The number of nitrogens with zero attached hydrogens (tertiary/aromatic N) is 1. The van der Waals surface area contributed by atoms with Crippen LogP contribution in [-0.4, -0.2) is 25.9 Å².